The van der Waals surface area contributed by atoms with Crippen LogP contribution in [-0.4, -0.2) is 64.1 Å². The summed E-state index contributed by atoms with van der Waals surface area (Å²) < 4.78 is 10.5. The Morgan fingerprint density at radius 3 is 2.50 bits per heavy atom. The van der Waals surface area contributed by atoms with Crippen LogP contribution >= 0.6 is 0 Å². The first-order chi connectivity index (χ1) is 8.72. The highest BCUT2D eigenvalue weighted by Crippen LogP contribution is 2.16. The van der Waals surface area contributed by atoms with Crippen molar-refractivity contribution in [2.75, 3.05) is 53.1 Å². The van der Waals surface area contributed by atoms with E-state index in [0.717, 1.165) is 19.1 Å². The van der Waals surface area contributed by atoms with Crippen LogP contribution in [0.5, 0.6) is 0 Å². The van der Waals surface area contributed by atoms with E-state index in [0.29, 0.717) is 19.3 Å². The summed E-state index contributed by atoms with van der Waals surface area (Å²) in [5.74, 6) is 0.859. The molecule has 0 bridgehead atoms. The largest absolute Gasteiger partial charge is 0.382 e. The van der Waals surface area contributed by atoms with E-state index in [9.17, 15) is 0 Å². The monoisotopic (exact) mass is 258 g/mol. The summed E-state index contributed by atoms with van der Waals surface area (Å²) in [5.41, 5.74) is 0. The second kappa shape index (κ2) is 9.73. The average molecular weight is 258 g/mol. The lowest BCUT2D eigenvalue weighted by atomic mass is 9.96. The minimum Gasteiger partial charge on any atom is -0.382 e. The van der Waals surface area contributed by atoms with Crippen molar-refractivity contribution in [3.05, 3.63) is 0 Å². The minimum atomic E-state index is 0.609. The number of hydrogen-bond donors (Lipinski definition) is 1. The molecule has 0 saturated carbocycles. The predicted octanol–water partition coefficient (Wildman–Crippen LogP) is 1.36. The van der Waals surface area contributed by atoms with E-state index in [4.69, 9.17) is 9.47 Å². The maximum Gasteiger partial charge on any atom is 0.0700 e. The fourth-order valence-corrected chi connectivity index (χ4v) is 2.25. The van der Waals surface area contributed by atoms with E-state index in [1.54, 1.807) is 7.11 Å². The molecular weight excluding hydrogens is 228 g/mol. The highest BCUT2D eigenvalue weighted by Gasteiger charge is 2.18. The quantitative estimate of drug-likeness (QED) is 0.633. The molecule has 0 aromatic heterocycles. The Balaban J connectivity index is 1.98. The molecular formula is C14H30N2O2. The molecule has 1 fully saturated rings. The molecule has 1 rings (SSSR count). The van der Waals surface area contributed by atoms with Crippen molar-refractivity contribution >= 4 is 0 Å². The van der Waals surface area contributed by atoms with Crippen LogP contribution in [0.4, 0.5) is 0 Å². The number of ether oxygens (including phenoxy) is 2. The Bertz CT molecular complexity index is 192. The molecule has 0 atom stereocenters. The highest BCUT2D eigenvalue weighted by atomic mass is 16.5. The van der Waals surface area contributed by atoms with Crippen molar-refractivity contribution in [1.82, 2.24) is 10.2 Å². The summed E-state index contributed by atoms with van der Waals surface area (Å²) in [6.45, 7) is 11.4. The van der Waals surface area contributed by atoms with Gasteiger partial charge in [-0.1, -0.05) is 13.8 Å². The average Bonchev–Trinajstić information content (AvgIpc) is 2.37. The van der Waals surface area contributed by atoms with Crippen LogP contribution in [0.2, 0.25) is 0 Å². The molecule has 0 aromatic rings. The predicted molar refractivity (Wildman–Crippen MR) is 75.0 cm³/mol. The van der Waals surface area contributed by atoms with Crippen LogP contribution in [0.3, 0.4) is 0 Å². The molecule has 1 saturated heterocycles. The third kappa shape index (κ3) is 7.31. The van der Waals surface area contributed by atoms with Crippen molar-refractivity contribution in [2.45, 2.75) is 32.7 Å². The second-order valence-corrected chi connectivity index (χ2v) is 5.45. The summed E-state index contributed by atoms with van der Waals surface area (Å²) in [6.07, 6.45) is 2.63. The van der Waals surface area contributed by atoms with Crippen LogP contribution in [0.1, 0.15) is 26.7 Å². The SMILES string of the molecule is COCCOCCN1CCC(CNC(C)C)CC1. The summed E-state index contributed by atoms with van der Waals surface area (Å²) in [6, 6.07) is 0.609. The molecule has 4 nitrogen and oxygen atoms in total. The van der Waals surface area contributed by atoms with Gasteiger partial charge in [0.1, 0.15) is 0 Å². The summed E-state index contributed by atoms with van der Waals surface area (Å²) in [7, 11) is 1.71. The van der Waals surface area contributed by atoms with E-state index in [-0.39, 0.29) is 0 Å². The van der Waals surface area contributed by atoms with Gasteiger partial charge < -0.3 is 19.7 Å². The Kier molecular flexibility index (Phi) is 8.59. The summed E-state index contributed by atoms with van der Waals surface area (Å²) in [4.78, 5) is 2.51. The minimum absolute atomic E-state index is 0.609. The van der Waals surface area contributed by atoms with Gasteiger partial charge in [0.2, 0.25) is 0 Å². The first kappa shape index (κ1) is 15.9. The fourth-order valence-electron chi connectivity index (χ4n) is 2.25. The third-order valence-electron chi connectivity index (χ3n) is 3.51. The van der Waals surface area contributed by atoms with Crippen LogP contribution in [0.25, 0.3) is 0 Å². The summed E-state index contributed by atoms with van der Waals surface area (Å²) in [5, 5.41) is 3.54. The van der Waals surface area contributed by atoms with Crippen molar-refractivity contribution in [3.8, 4) is 0 Å². The van der Waals surface area contributed by atoms with Crippen molar-refractivity contribution < 1.29 is 9.47 Å². The van der Waals surface area contributed by atoms with E-state index in [1.165, 1.54) is 32.5 Å². The van der Waals surface area contributed by atoms with Gasteiger partial charge in [-0.3, -0.25) is 0 Å². The normalized spacial score (nSPS) is 18.7. The second-order valence-electron chi connectivity index (χ2n) is 5.45. The Hall–Kier alpha value is -0.160. The zero-order chi connectivity index (χ0) is 13.2. The van der Waals surface area contributed by atoms with Gasteiger partial charge in [-0.25, -0.2) is 0 Å². The lowest BCUT2D eigenvalue weighted by molar-refractivity contribution is 0.0510. The van der Waals surface area contributed by atoms with E-state index < -0.39 is 0 Å². The van der Waals surface area contributed by atoms with Crippen LogP contribution < -0.4 is 5.32 Å². The van der Waals surface area contributed by atoms with Crippen molar-refractivity contribution in [2.24, 2.45) is 5.92 Å². The molecule has 0 unspecified atom stereocenters. The van der Waals surface area contributed by atoms with Gasteiger partial charge in [-0.15, -0.1) is 0 Å². The molecule has 18 heavy (non-hydrogen) atoms. The van der Waals surface area contributed by atoms with Crippen LogP contribution in [0.15, 0.2) is 0 Å². The molecule has 0 aromatic carbocycles. The lowest BCUT2D eigenvalue weighted by Crippen LogP contribution is -2.40. The zero-order valence-electron chi connectivity index (χ0n) is 12.3. The number of methoxy groups -OCH3 is 1. The number of nitrogens with one attached hydrogen (secondary N) is 1. The zero-order valence-corrected chi connectivity index (χ0v) is 12.3. The van der Waals surface area contributed by atoms with Crippen molar-refractivity contribution in [1.29, 1.82) is 0 Å². The molecule has 0 aliphatic carbocycles. The maximum atomic E-state index is 5.50. The fraction of sp³-hybridized carbons (Fsp3) is 1.00. The maximum absolute atomic E-state index is 5.50. The topological polar surface area (TPSA) is 33.7 Å². The third-order valence-corrected chi connectivity index (χ3v) is 3.51. The highest BCUT2D eigenvalue weighted by molar-refractivity contribution is 4.74. The van der Waals surface area contributed by atoms with Gasteiger partial charge in [-0.2, -0.15) is 0 Å². The molecule has 0 amide bonds. The summed E-state index contributed by atoms with van der Waals surface area (Å²) >= 11 is 0. The van der Waals surface area contributed by atoms with Gasteiger partial charge in [0, 0.05) is 19.7 Å². The van der Waals surface area contributed by atoms with Gasteiger partial charge in [0.25, 0.3) is 0 Å². The molecule has 0 spiro atoms. The number of likely N-dealkylation sites (tertiary alicyclic amines) is 1. The van der Waals surface area contributed by atoms with Crippen LogP contribution in [-0.2, 0) is 9.47 Å². The number of rotatable bonds is 9. The Labute approximate surface area is 112 Å². The number of hydrogen-bond acceptors (Lipinski definition) is 4. The first-order valence-electron chi connectivity index (χ1n) is 7.24. The van der Waals surface area contributed by atoms with Gasteiger partial charge >= 0.3 is 0 Å². The smallest absolute Gasteiger partial charge is 0.0700 e. The standard InChI is InChI=1S/C14H30N2O2/c1-13(2)15-12-14-4-6-16(7-5-14)8-9-18-11-10-17-3/h13-15H,4-12H2,1-3H3. The van der Waals surface area contributed by atoms with E-state index >= 15 is 0 Å². The Morgan fingerprint density at radius 2 is 1.89 bits per heavy atom. The van der Waals surface area contributed by atoms with Gasteiger partial charge in [0.05, 0.1) is 19.8 Å². The van der Waals surface area contributed by atoms with Gasteiger partial charge in [-0.05, 0) is 38.4 Å². The van der Waals surface area contributed by atoms with E-state index in [1.807, 2.05) is 0 Å². The number of piperidine rings is 1. The number of nitrogens with zero attached hydrogens (tertiary/aromatic N) is 1. The molecule has 0 radical (unpaired) electrons. The molecule has 1 aliphatic heterocycles. The molecule has 1 heterocycles. The van der Waals surface area contributed by atoms with Crippen molar-refractivity contribution in [3.63, 3.8) is 0 Å². The lowest BCUT2D eigenvalue weighted by Gasteiger charge is -2.32. The first-order valence-corrected chi connectivity index (χ1v) is 7.24. The van der Waals surface area contributed by atoms with Crippen LogP contribution in [0, 0.1) is 5.92 Å². The van der Waals surface area contributed by atoms with E-state index in [2.05, 4.69) is 24.1 Å². The van der Waals surface area contributed by atoms with Gasteiger partial charge in [0.15, 0.2) is 0 Å². The molecule has 1 N–H and O–H groups in total. The molecule has 108 valence electrons. The molecule has 1 aliphatic rings. The Morgan fingerprint density at radius 1 is 1.17 bits per heavy atom. The molecule has 4 heteroatoms.